The van der Waals surface area contributed by atoms with E-state index in [4.69, 9.17) is 9.16 Å². The van der Waals surface area contributed by atoms with Crippen LogP contribution in [0.15, 0.2) is 24.0 Å². The number of hydrogen-bond donors (Lipinski definition) is 0. The van der Waals surface area contributed by atoms with Gasteiger partial charge in [0.1, 0.15) is 11.9 Å². The molecule has 1 atom stereocenters. The molecule has 3 heteroatoms. The van der Waals surface area contributed by atoms with E-state index < -0.39 is 8.32 Å². The van der Waals surface area contributed by atoms with Crippen molar-refractivity contribution in [3.8, 4) is 0 Å². The Morgan fingerprint density at radius 2 is 2.08 bits per heavy atom. The molecule has 0 N–H and O–H groups in total. The highest BCUT2D eigenvalue weighted by atomic mass is 28.4. The third-order valence-corrected chi connectivity index (χ3v) is 2.45. The molecule has 0 aromatic heterocycles. The zero-order valence-corrected chi connectivity index (χ0v) is 9.83. The minimum atomic E-state index is -1.48. The van der Waals surface area contributed by atoms with Gasteiger partial charge < -0.3 is 9.16 Å². The maximum Gasteiger partial charge on any atom is 0.241 e. The minimum absolute atomic E-state index is 0.0525. The second-order valence-electron chi connectivity index (χ2n) is 4.04. The van der Waals surface area contributed by atoms with Gasteiger partial charge in [-0.25, -0.2) is 0 Å². The standard InChI is InChI=1S/C10H18O2Si/c1-5-11-9-7-6-8-10(9)12-13(2,3)4/h6-9H,5H2,1-4H3. The Bertz CT molecular complexity index is 226. The van der Waals surface area contributed by atoms with Gasteiger partial charge in [-0.1, -0.05) is 6.08 Å². The van der Waals surface area contributed by atoms with E-state index in [1.165, 1.54) is 0 Å². The van der Waals surface area contributed by atoms with Gasteiger partial charge in [0.2, 0.25) is 8.32 Å². The first-order valence-corrected chi connectivity index (χ1v) is 8.13. The van der Waals surface area contributed by atoms with E-state index in [9.17, 15) is 0 Å². The molecule has 1 rings (SSSR count). The Balaban J connectivity index is 2.52. The summed E-state index contributed by atoms with van der Waals surface area (Å²) in [4.78, 5) is 0. The van der Waals surface area contributed by atoms with Crippen molar-refractivity contribution >= 4 is 8.32 Å². The molecule has 1 unspecified atom stereocenters. The lowest BCUT2D eigenvalue weighted by Gasteiger charge is -2.24. The number of rotatable bonds is 4. The molecule has 0 saturated heterocycles. The zero-order chi connectivity index (χ0) is 9.90. The van der Waals surface area contributed by atoms with Crippen LogP contribution in [0.5, 0.6) is 0 Å². The van der Waals surface area contributed by atoms with Gasteiger partial charge in [0, 0.05) is 6.61 Å². The van der Waals surface area contributed by atoms with Crippen LogP contribution in [0.3, 0.4) is 0 Å². The molecule has 0 aliphatic heterocycles. The highest BCUT2D eigenvalue weighted by molar-refractivity contribution is 6.70. The van der Waals surface area contributed by atoms with Crippen LogP contribution in [0.1, 0.15) is 6.92 Å². The topological polar surface area (TPSA) is 18.5 Å². The quantitative estimate of drug-likeness (QED) is 0.647. The van der Waals surface area contributed by atoms with Crippen LogP contribution >= 0.6 is 0 Å². The Morgan fingerprint density at radius 3 is 2.62 bits per heavy atom. The molecule has 2 nitrogen and oxygen atoms in total. The smallest absolute Gasteiger partial charge is 0.241 e. The summed E-state index contributed by atoms with van der Waals surface area (Å²) in [6.07, 6.45) is 6.07. The fraction of sp³-hybridized carbons (Fsp3) is 0.600. The third-order valence-electron chi connectivity index (χ3n) is 1.60. The number of ether oxygens (including phenoxy) is 1. The van der Waals surface area contributed by atoms with E-state index in [1.54, 1.807) is 0 Å². The van der Waals surface area contributed by atoms with Crippen molar-refractivity contribution in [2.24, 2.45) is 0 Å². The van der Waals surface area contributed by atoms with Crippen molar-refractivity contribution in [3.05, 3.63) is 24.0 Å². The molecule has 0 aromatic carbocycles. The summed E-state index contributed by atoms with van der Waals surface area (Å²) in [5, 5.41) is 0. The summed E-state index contributed by atoms with van der Waals surface area (Å²) in [6.45, 7) is 9.25. The van der Waals surface area contributed by atoms with Crippen LogP contribution in [0.4, 0.5) is 0 Å². The van der Waals surface area contributed by atoms with Crippen LogP contribution in [0.25, 0.3) is 0 Å². The average Bonchev–Trinajstić information content (AvgIpc) is 2.34. The highest BCUT2D eigenvalue weighted by Gasteiger charge is 2.23. The van der Waals surface area contributed by atoms with E-state index in [0.717, 1.165) is 12.4 Å². The Kier molecular flexibility index (Phi) is 3.33. The molecule has 0 fully saturated rings. The fourth-order valence-corrected chi connectivity index (χ4v) is 2.10. The molecular weight excluding hydrogens is 180 g/mol. The zero-order valence-electron chi connectivity index (χ0n) is 8.83. The van der Waals surface area contributed by atoms with Gasteiger partial charge in [-0.3, -0.25) is 0 Å². The molecule has 1 aliphatic carbocycles. The van der Waals surface area contributed by atoms with E-state index in [2.05, 4.69) is 19.6 Å². The van der Waals surface area contributed by atoms with Crippen molar-refractivity contribution < 1.29 is 9.16 Å². The molecule has 0 bridgehead atoms. The fourth-order valence-electron chi connectivity index (χ4n) is 1.20. The van der Waals surface area contributed by atoms with E-state index in [1.807, 2.05) is 25.2 Å². The SMILES string of the molecule is CCOC1C=CC=C1O[Si](C)(C)C. The molecule has 0 radical (unpaired) electrons. The van der Waals surface area contributed by atoms with Crippen molar-refractivity contribution in [2.75, 3.05) is 6.61 Å². The third kappa shape index (κ3) is 3.36. The van der Waals surface area contributed by atoms with Gasteiger partial charge in [-0.15, -0.1) is 0 Å². The predicted molar refractivity (Wildman–Crippen MR) is 57.1 cm³/mol. The molecule has 0 heterocycles. The van der Waals surface area contributed by atoms with Gasteiger partial charge in [0.15, 0.2) is 0 Å². The van der Waals surface area contributed by atoms with Gasteiger partial charge >= 0.3 is 0 Å². The molecular formula is C10H18O2Si. The molecule has 74 valence electrons. The second kappa shape index (κ2) is 4.11. The Labute approximate surface area is 81.4 Å². The van der Waals surface area contributed by atoms with E-state index in [0.29, 0.717) is 0 Å². The monoisotopic (exact) mass is 198 g/mol. The molecule has 13 heavy (non-hydrogen) atoms. The number of hydrogen-bond acceptors (Lipinski definition) is 2. The second-order valence-corrected chi connectivity index (χ2v) is 8.47. The molecule has 1 aliphatic rings. The van der Waals surface area contributed by atoms with Crippen molar-refractivity contribution in [1.82, 2.24) is 0 Å². The Morgan fingerprint density at radius 1 is 1.38 bits per heavy atom. The summed E-state index contributed by atoms with van der Waals surface area (Å²) in [5.41, 5.74) is 0. The van der Waals surface area contributed by atoms with Gasteiger partial charge in [-0.2, -0.15) is 0 Å². The van der Waals surface area contributed by atoms with Gasteiger partial charge in [0.05, 0.1) is 0 Å². The first-order valence-electron chi connectivity index (χ1n) is 4.72. The molecule has 0 saturated carbocycles. The van der Waals surface area contributed by atoms with Crippen molar-refractivity contribution in [1.29, 1.82) is 0 Å². The Hall–Kier alpha value is -0.543. The largest absolute Gasteiger partial charge is 0.545 e. The van der Waals surface area contributed by atoms with Gasteiger partial charge in [-0.05, 0) is 38.7 Å². The summed E-state index contributed by atoms with van der Waals surface area (Å²) in [6, 6.07) is 0. The van der Waals surface area contributed by atoms with E-state index in [-0.39, 0.29) is 6.10 Å². The predicted octanol–water partition coefficient (Wildman–Crippen LogP) is 2.70. The highest BCUT2D eigenvalue weighted by Crippen LogP contribution is 2.21. The van der Waals surface area contributed by atoms with Crippen LogP contribution in [-0.2, 0) is 9.16 Å². The first-order chi connectivity index (χ1) is 6.03. The first kappa shape index (κ1) is 10.5. The number of allylic oxidation sites excluding steroid dienone is 2. The minimum Gasteiger partial charge on any atom is -0.545 e. The summed E-state index contributed by atoms with van der Waals surface area (Å²) < 4.78 is 11.4. The molecule has 0 aromatic rings. The maximum atomic E-state index is 5.88. The van der Waals surface area contributed by atoms with Crippen LogP contribution in [-0.4, -0.2) is 21.0 Å². The molecule has 0 amide bonds. The normalized spacial score (nSPS) is 21.8. The van der Waals surface area contributed by atoms with E-state index >= 15 is 0 Å². The van der Waals surface area contributed by atoms with Crippen molar-refractivity contribution in [2.45, 2.75) is 32.7 Å². The summed E-state index contributed by atoms with van der Waals surface area (Å²) >= 11 is 0. The van der Waals surface area contributed by atoms with Crippen LogP contribution < -0.4 is 0 Å². The summed E-state index contributed by atoms with van der Waals surface area (Å²) in [5.74, 6) is 0.973. The maximum absolute atomic E-state index is 5.88. The lowest BCUT2D eigenvalue weighted by atomic mass is 10.3. The van der Waals surface area contributed by atoms with Gasteiger partial charge in [0.25, 0.3) is 0 Å². The average molecular weight is 198 g/mol. The van der Waals surface area contributed by atoms with Crippen molar-refractivity contribution in [3.63, 3.8) is 0 Å². The van der Waals surface area contributed by atoms with Crippen LogP contribution in [0, 0.1) is 0 Å². The molecule has 0 spiro atoms. The van der Waals surface area contributed by atoms with Crippen LogP contribution in [0.2, 0.25) is 19.6 Å². The lowest BCUT2D eigenvalue weighted by Crippen LogP contribution is -2.28. The lowest BCUT2D eigenvalue weighted by molar-refractivity contribution is 0.0947. The summed E-state index contributed by atoms with van der Waals surface area (Å²) in [7, 11) is -1.48.